The molecule has 0 unspecified atom stereocenters. The van der Waals surface area contributed by atoms with E-state index in [1.165, 1.54) is 25.7 Å². The van der Waals surface area contributed by atoms with E-state index in [-0.39, 0.29) is 18.4 Å². The maximum absolute atomic E-state index is 11.3. The molecule has 0 aromatic carbocycles. The lowest BCUT2D eigenvalue weighted by molar-refractivity contribution is -0.142. The van der Waals surface area contributed by atoms with Gasteiger partial charge in [0.25, 0.3) is 0 Å². The van der Waals surface area contributed by atoms with E-state index in [0.29, 0.717) is 19.3 Å². The summed E-state index contributed by atoms with van der Waals surface area (Å²) in [7, 11) is 0. The number of carbonyl (C=O) groups is 2. The van der Waals surface area contributed by atoms with Crippen LogP contribution in [0.15, 0.2) is 0 Å². The number of Topliss-reactive ketones (excluding diaryl/α,β-unsaturated/α-hetero) is 1. The molecule has 20 heavy (non-hydrogen) atoms. The molecule has 0 aliphatic carbocycles. The second-order valence-corrected chi connectivity index (χ2v) is 5.09. The number of hydrogen-bond donors (Lipinski definition) is 0. The molecule has 0 spiro atoms. The maximum Gasteiger partial charge on any atom is 0.306 e. The van der Waals surface area contributed by atoms with Crippen molar-refractivity contribution in [1.29, 1.82) is 0 Å². The summed E-state index contributed by atoms with van der Waals surface area (Å²) in [5, 5.41) is 0. The first-order chi connectivity index (χ1) is 9.66. The molecule has 3 nitrogen and oxygen atoms in total. The van der Waals surface area contributed by atoms with Crippen LogP contribution in [0.5, 0.6) is 0 Å². The van der Waals surface area contributed by atoms with E-state index in [1.54, 1.807) is 6.92 Å². The topological polar surface area (TPSA) is 43.4 Å². The van der Waals surface area contributed by atoms with Gasteiger partial charge in [0.05, 0.1) is 0 Å². The molecule has 0 saturated heterocycles. The van der Waals surface area contributed by atoms with Crippen molar-refractivity contribution >= 4 is 11.8 Å². The standard InChI is InChI=1S/C17H28O3/c1-3-4-5-6-7-8-9-12-15-20-17(19)14-11-10-13-16(2)18/h3-8,10-11,13-15H2,1-2H3. The molecule has 0 aliphatic rings. The molecule has 0 aromatic heterocycles. The molecule has 0 rings (SSSR count). The Hall–Kier alpha value is -1.30. The van der Waals surface area contributed by atoms with Crippen LogP contribution in [0.1, 0.15) is 78.1 Å². The Balaban J connectivity index is 3.36. The summed E-state index contributed by atoms with van der Waals surface area (Å²) in [5.41, 5.74) is 0. The predicted octanol–water partition coefficient (Wildman–Crippen LogP) is 4.04. The van der Waals surface area contributed by atoms with Crippen molar-refractivity contribution in [1.82, 2.24) is 0 Å². The van der Waals surface area contributed by atoms with Crippen molar-refractivity contribution < 1.29 is 14.3 Å². The lowest BCUT2D eigenvalue weighted by Crippen LogP contribution is -2.04. The van der Waals surface area contributed by atoms with E-state index in [0.717, 1.165) is 19.3 Å². The molecule has 0 heterocycles. The molecule has 0 N–H and O–H groups in total. The van der Waals surface area contributed by atoms with Gasteiger partial charge in [-0.15, -0.1) is 0 Å². The van der Waals surface area contributed by atoms with Crippen molar-refractivity contribution in [3.63, 3.8) is 0 Å². The van der Waals surface area contributed by atoms with Crippen LogP contribution in [0.4, 0.5) is 0 Å². The Morgan fingerprint density at radius 3 is 2.30 bits per heavy atom. The third-order valence-electron chi connectivity index (χ3n) is 3.00. The zero-order valence-corrected chi connectivity index (χ0v) is 13.0. The van der Waals surface area contributed by atoms with Gasteiger partial charge in [0, 0.05) is 19.3 Å². The predicted molar refractivity (Wildman–Crippen MR) is 81.3 cm³/mol. The van der Waals surface area contributed by atoms with Crippen molar-refractivity contribution in [2.24, 2.45) is 0 Å². The summed E-state index contributed by atoms with van der Waals surface area (Å²) < 4.78 is 5.00. The number of ketones is 1. The largest absolute Gasteiger partial charge is 0.452 e. The van der Waals surface area contributed by atoms with Gasteiger partial charge in [0.15, 0.2) is 6.61 Å². The lowest BCUT2D eigenvalue weighted by atomic mass is 10.1. The van der Waals surface area contributed by atoms with Crippen LogP contribution in [0.3, 0.4) is 0 Å². The summed E-state index contributed by atoms with van der Waals surface area (Å²) >= 11 is 0. The molecule has 114 valence electrons. The van der Waals surface area contributed by atoms with E-state index < -0.39 is 0 Å². The number of unbranched alkanes of at least 4 members (excludes halogenated alkanes) is 6. The van der Waals surface area contributed by atoms with Crippen LogP contribution in [0.25, 0.3) is 0 Å². The second kappa shape index (κ2) is 14.1. The third kappa shape index (κ3) is 14.8. The van der Waals surface area contributed by atoms with Crippen LogP contribution in [0, 0.1) is 11.8 Å². The molecular formula is C17H28O3. The SMILES string of the molecule is CCCCCCCC#CCOC(=O)CCCCC(C)=O. The van der Waals surface area contributed by atoms with Crippen LogP contribution < -0.4 is 0 Å². The molecule has 0 saturated carbocycles. The summed E-state index contributed by atoms with van der Waals surface area (Å²) in [4.78, 5) is 22.0. The minimum absolute atomic E-state index is 0.170. The number of carbonyl (C=O) groups excluding carboxylic acids is 2. The van der Waals surface area contributed by atoms with E-state index in [9.17, 15) is 9.59 Å². The quantitative estimate of drug-likeness (QED) is 0.326. The molecule has 0 atom stereocenters. The normalized spacial score (nSPS) is 9.70. The number of ether oxygens (including phenoxy) is 1. The Morgan fingerprint density at radius 1 is 0.900 bits per heavy atom. The first-order valence-electron chi connectivity index (χ1n) is 7.77. The maximum atomic E-state index is 11.3. The van der Waals surface area contributed by atoms with Crippen LogP contribution in [-0.4, -0.2) is 18.4 Å². The summed E-state index contributed by atoms with van der Waals surface area (Å²) in [6.45, 7) is 3.96. The van der Waals surface area contributed by atoms with E-state index in [4.69, 9.17) is 4.74 Å². The fourth-order valence-electron chi connectivity index (χ4n) is 1.79. The molecule has 0 aromatic rings. The number of rotatable bonds is 11. The average Bonchev–Trinajstić information content (AvgIpc) is 2.41. The minimum atomic E-state index is -0.217. The smallest absolute Gasteiger partial charge is 0.306 e. The average molecular weight is 280 g/mol. The second-order valence-electron chi connectivity index (χ2n) is 5.09. The molecule has 0 fully saturated rings. The van der Waals surface area contributed by atoms with Crippen molar-refractivity contribution in [3.8, 4) is 11.8 Å². The third-order valence-corrected chi connectivity index (χ3v) is 3.00. The fraction of sp³-hybridized carbons (Fsp3) is 0.765. The fourth-order valence-corrected chi connectivity index (χ4v) is 1.79. The van der Waals surface area contributed by atoms with Gasteiger partial charge in [-0.05, 0) is 26.2 Å². The van der Waals surface area contributed by atoms with Crippen LogP contribution >= 0.6 is 0 Å². The van der Waals surface area contributed by atoms with E-state index in [1.807, 2.05) is 0 Å². The Morgan fingerprint density at radius 2 is 1.60 bits per heavy atom. The molecule has 3 heteroatoms. The van der Waals surface area contributed by atoms with Gasteiger partial charge in [-0.25, -0.2) is 0 Å². The van der Waals surface area contributed by atoms with Gasteiger partial charge in [-0.3, -0.25) is 4.79 Å². The molecule has 0 amide bonds. The zero-order chi connectivity index (χ0) is 15.1. The number of hydrogen-bond acceptors (Lipinski definition) is 3. The summed E-state index contributed by atoms with van der Waals surface area (Å²) in [6, 6.07) is 0. The Kier molecular flexibility index (Phi) is 13.2. The summed E-state index contributed by atoms with van der Waals surface area (Å²) in [5.74, 6) is 5.85. The van der Waals surface area contributed by atoms with Crippen molar-refractivity contribution in [2.45, 2.75) is 78.1 Å². The molecular weight excluding hydrogens is 252 g/mol. The van der Waals surface area contributed by atoms with Crippen molar-refractivity contribution in [2.75, 3.05) is 6.61 Å². The zero-order valence-electron chi connectivity index (χ0n) is 13.0. The number of esters is 1. The minimum Gasteiger partial charge on any atom is -0.452 e. The van der Waals surface area contributed by atoms with E-state index >= 15 is 0 Å². The highest BCUT2D eigenvalue weighted by Crippen LogP contribution is 2.04. The Labute approximate surface area is 123 Å². The monoisotopic (exact) mass is 280 g/mol. The highest BCUT2D eigenvalue weighted by atomic mass is 16.5. The van der Waals surface area contributed by atoms with Crippen LogP contribution in [-0.2, 0) is 14.3 Å². The highest BCUT2D eigenvalue weighted by molar-refractivity contribution is 5.75. The van der Waals surface area contributed by atoms with Gasteiger partial charge in [-0.2, -0.15) is 0 Å². The van der Waals surface area contributed by atoms with Crippen LogP contribution in [0.2, 0.25) is 0 Å². The molecule has 0 aliphatic heterocycles. The first kappa shape index (κ1) is 18.7. The van der Waals surface area contributed by atoms with Gasteiger partial charge in [0.1, 0.15) is 5.78 Å². The highest BCUT2D eigenvalue weighted by Gasteiger charge is 2.01. The lowest BCUT2D eigenvalue weighted by Gasteiger charge is -2.00. The van der Waals surface area contributed by atoms with Crippen molar-refractivity contribution in [3.05, 3.63) is 0 Å². The Bertz CT molecular complexity index is 323. The first-order valence-corrected chi connectivity index (χ1v) is 7.77. The van der Waals surface area contributed by atoms with Gasteiger partial charge < -0.3 is 9.53 Å². The summed E-state index contributed by atoms with van der Waals surface area (Å²) in [6.07, 6.45) is 9.49. The van der Waals surface area contributed by atoms with Gasteiger partial charge in [0.2, 0.25) is 0 Å². The van der Waals surface area contributed by atoms with Gasteiger partial charge in [-0.1, -0.05) is 44.4 Å². The van der Waals surface area contributed by atoms with Gasteiger partial charge >= 0.3 is 5.97 Å². The molecule has 0 radical (unpaired) electrons. The van der Waals surface area contributed by atoms with E-state index in [2.05, 4.69) is 18.8 Å². The molecule has 0 bridgehead atoms.